The van der Waals surface area contributed by atoms with Crippen LogP contribution in [0.5, 0.6) is 0 Å². The van der Waals surface area contributed by atoms with Gasteiger partial charge in [0.15, 0.2) is 0 Å². The van der Waals surface area contributed by atoms with Crippen molar-refractivity contribution in [1.29, 1.82) is 0 Å². The van der Waals surface area contributed by atoms with Crippen molar-refractivity contribution in [2.75, 3.05) is 6.54 Å². The zero-order valence-electron chi connectivity index (χ0n) is 10.9. The van der Waals surface area contributed by atoms with Crippen LogP contribution in [0.4, 0.5) is 0 Å². The number of hydrogen-bond acceptors (Lipinski definition) is 3. The van der Waals surface area contributed by atoms with E-state index in [2.05, 4.69) is 65.6 Å². The molecule has 2 heterocycles. The Morgan fingerprint density at radius 1 is 1.39 bits per heavy atom. The number of rotatable bonds is 5. The van der Waals surface area contributed by atoms with Crippen LogP contribution in [0.2, 0.25) is 0 Å². The summed E-state index contributed by atoms with van der Waals surface area (Å²) in [5, 5.41) is 5.72. The lowest BCUT2D eigenvalue weighted by atomic mass is 9.91. The molecule has 4 heteroatoms. The predicted octanol–water partition coefficient (Wildman–Crippen LogP) is 4.95. The molecule has 0 aliphatic rings. The van der Waals surface area contributed by atoms with Crippen molar-refractivity contribution in [2.45, 2.75) is 32.7 Å². The lowest BCUT2D eigenvalue weighted by molar-refractivity contribution is 0.478. The van der Waals surface area contributed by atoms with E-state index in [9.17, 15) is 0 Å². The van der Waals surface area contributed by atoms with Gasteiger partial charge in [-0.05, 0) is 40.4 Å². The second-order valence-electron chi connectivity index (χ2n) is 5.08. The Morgan fingerprint density at radius 2 is 2.17 bits per heavy atom. The number of hydrogen-bond donors (Lipinski definition) is 1. The molecule has 0 saturated heterocycles. The molecule has 2 aromatic rings. The molecule has 1 N–H and O–H groups in total. The summed E-state index contributed by atoms with van der Waals surface area (Å²) in [6.45, 7) is 8.69. The molecule has 0 amide bonds. The first-order chi connectivity index (χ1) is 8.49. The monoisotopic (exact) mass is 343 g/mol. The Labute approximate surface area is 125 Å². The Hall–Kier alpha value is -0.160. The zero-order chi connectivity index (χ0) is 13.2. The van der Waals surface area contributed by atoms with Gasteiger partial charge in [0, 0.05) is 37.6 Å². The standard InChI is InChI=1S/C14H18BrNS2/c1-10-12(15)7-11(18-10)8-16-9-14(2,3)13-5-4-6-17-13/h4-7,16H,8-9H2,1-3H3. The second kappa shape index (κ2) is 5.87. The van der Waals surface area contributed by atoms with Gasteiger partial charge in [-0.25, -0.2) is 0 Å². The Morgan fingerprint density at radius 3 is 2.72 bits per heavy atom. The minimum absolute atomic E-state index is 0.206. The average molecular weight is 344 g/mol. The van der Waals surface area contributed by atoms with E-state index in [-0.39, 0.29) is 5.41 Å². The highest BCUT2D eigenvalue weighted by molar-refractivity contribution is 9.10. The first-order valence-corrected chi connectivity index (χ1v) is 8.47. The third-order valence-corrected chi connectivity index (χ3v) is 6.34. The Bertz CT molecular complexity index is 480. The highest BCUT2D eigenvalue weighted by atomic mass is 79.9. The van der Waals surface area contributed by atoms with Gasteiger partial charge >= 0.3 is 0 Å². The Balaban J connectivity index is 1.89. The van der Waals surface area contributed by atoms with Crippen LogP contribution in [0.3, 0.4) is 0 Å². The highest BCUT2D eigenvalue weighted by Crippen LogP contribution is 2.28. The van der Waals surface area contributed by atoms with Gasteiger partial charge in [0.25, 0.3) is 0 Å². The van der Waals surface area contributed by atoms with Gasteiger partial charge in [0.05, 0.1) is 0 Å². The minimum Gasteiger partial charge on any atom is -0.311 e. The van der Waals surface area contributed by atoms with E-state index >= 15 is 0 Å². The van der Waals surface area contributed by atoms with Crippen LogP contribution in [0, 0.1) is 6.92 Å². The number of halogens is 1. The molecule has 0 spiro atoms. The summed E-state index contributed by atoms with van der Waals surface area (Å²) >= 11 is 7.26. The van der Waals surface area contributed by atoms with Crippen LogP contribution in [-0.2, 0) is 12.0 Å². The summed E-state index contributed by atoms with van der Waals surface area (Å²) in [5.41, 5.74) is 0.206. The fourth-order valence-corrected chi connectivity index (χ4v) is 4.28. The molecule has 0 bridgehead atoms. The third-order valence-electron chi connectivity index (χ3n) is 2.96. The molecule has 0 aromatic carbocycles. The van der Waals surface area contributed by atoms with Crippen molar-refractivity contribution in [3.8, 4) is 0 Å². The van der Waals surface area contributed by atoms with Gasteiger partial charge in [0.2, 0.25) is 0 Å². The molecule has 0 fully saturated rings. The van der Waals surface area contributed by atoms with Crippen LogP contribution in [0.25, 0.3) is 0 Å². The summed E-state index contributed by atoms with van der Waals surface area (Å²) in [7, 11) is 0. The average Bonchev–Trinajstić information content (AvgIpc) is 2.90. The van der Waals surface area contributed by atoms with E-state index in [1.165, 1.54) is 19.1 Å². The summed E-state index contributed by atoms with van der Waals surface area (Å²) < 4.78 is 1.22. The van der Waals surface area contributed by atoms with Crippen molar-refractivity contribution in [3.63, 3.8) is 0 Å². The maximum absolute atomic E-state index is 3.57. The van der Waals surface area contributed by atoms with Gasteiger partial charge < -0.3 is 5.32 Å². The Kier molecular flexibility index (Phi) is 4.64. The lowest BCUT2D eigenvalue weighted by Gasteiger charge is -2.23. The molecule has 0 aliphatic carbocycles. The molecule has 0 atom stereocenters. The van der Waals surface area contributed by atoms with E-state index in [4.69, 9.17) is 0 Å². The highest BCUT2D eigenvalue weighted by Gasteiger charge is 2.21. The van der Waals surface area contributed by atoms with Crippen molar-refractivity contribution in [1.82, 2.24) is 5.32 Å². The van der Waals surface area contributed by atoms with Crippen molar-refractivity contribution < 1.29 is 0 Å². The smallest absolute Gasteiger partial charge is 0.0314 e. The van der Waals surface area contributed by atoms with Crippen LogP contribution in [0.1, 0.15) is 28.5 Å². The van der Waals surface area contributed by atoms with Crippen LogP contribution < -0.4 is 5.32 Å². The fraction of sp³-hybridized carbons (Fsp3) is 0.429. The van der Waals surface area contributed by atoms with Crippen molar-refractivity contribution in [2.24, 2.45) is 0 Å². The van der Waals surface area contributed by atoms with Crippen LogP contribution in [0.15, 0.2) is 28.1 Å². The molecule has 0 unspecified atom stereocenters. The molecule has 1 nitrogen and oxygen atoms in total. The predicted molar refractivity (Wildman–Crippen MR) is 85.8 cm³/mol. The van der Waals surface area contributed by atoms with E-state index in [0.29, 0.717) is 0 Å². The molecule has 18 heavy (non-hydrogen) atoms. The molecule has 2 rings (SSSR count). The maximum Gasteiger partial charge on any atom is 0.0314 e. The molecular weight excluding hydrogens is 326 g/mol. The molecule has 0 radical (unpaired) electrons. The van der Waals surface area contributed by atoms with Gasteiger partial charge in [-0.15, -0.1) is 22.7 Å². The maximum atomic E-state index is 3.57. The summed E-state index contributed by atoms with van der Waals surface area (Å²) in [6, 6.07) is 6.56. The molecule has 98 valence electrons. The zero-order valence-corrected chi connectivity index (χ0v) is 14.1. The van der Waals surface area contributed by atoms with Gasteiger partial charge in [0.1, 0.15) is 0 Å². The van der Waals surface area contributed by atoms with Gasteiger partial charge in [-0.2, -0.15) is 0 Å². The largest absolute Gasteiger partial charge is 0.311 e. The van der Waals surface area contributed by atoms with Gasteiger partial charge in [-0.3, -0.25) is 0 Å². The molecular formula is C14H18BrNS2. The van der Waals surface area contributed by atoms with Crippen molar-refractivity contribution in [3.05, 3.63) is 42.7 Å². The van der Waals surface area contributed by atoms with Gasteiger partial charge in [-0.1, -0.05) is 19.9 Å². The SMILES string of the molecule is Cc1sc(CNCC(C)(C)c2cccs2)cc1Br. The lowest BCUT2D eigenvalue weighted by Crippen LogP contribution is -2.31. The van der Waals surface area contributed by atoms with E-state index < -0.39 is 0 Å². The van der Waals surface area contributed by atoms with E-state index in [1.54, 1.807) is 0 Å². The number of nitrogens with one attached hydrogen (secondary N) is 1. The summed E-state index contributed by atoms with van der Waals surface area (Å²) in [4.78, 5) is 4.18. The normalized spacial score (nSPS) is 12.0. The minimum atomic E-state index is 0.206. The first-order valence-electron chi connectivity index (χ1n) is 5.98. The van der Waals surface area contributed by atoms with Crippen molar-refractivity contribution >= 4 is 38.6 Å². The summed E-state index contributed by atoms with van der Waals surface area (Å²) in [6.07, 6.45) is 0. The van der Waals surface area contributed by atoms with E-state index in [0.717, 1.165) is 13.1 Å². The molecule has 0 aliphatic heterocycles. The van der Waals surface area contributed by atoms with E-state index in [1.807, 2.05) is 22.7 Å². The quantitative estimate of drug-likeness (QED) is 0.809. The first kappa shape index (κ1) is 14.3. The summed E-state index contributed by atoms with van der Waals surface area (Å²) in [5.74, 6) is 0. The molecule has 2 aromatic heterocycles. The fourth-order valence-electron chi connectivity index (χ4n) is 1.85. The van der Waals surface area contributed by atoms with Crippen LogP contribution >= 0.6 is 38.6 Å². The number of thiophene rings is 2. The topological polar surface area (TPSA) is 12.0 Å². The number of aryl methyl sites for hydroxylation is 1. The van der Waals surface area contributed by atoms with Crippen LogP contribution in [-0.4, -0.2) is 6.54 Å². The second-order valence-corrected chi connectivity index (χ2v) is 8.22. The third kappa shape index (κ3) is 3.44. The molecule has 0 saturated carbocycles.